The fourth-order valence-corrected chi connectivity index (χ4v) is 0.471. The van der Waals surface area contributed by atoms with Gasteiger partial charge in [0.25, 0.3) is 0 Å². The first-order valence-electron chi connectivity index (χ1n) is 2.15. The van der Waals surface area contributed by atoms with Crippen molar-refractivity contribution in [1.82, 2.24) is 4.73 Å². The minimum Gasteiger partial charge on any atom is -0.429 e. The molecule has 0 aliphatic heterocycles. The maximum Gasteiger partial charge on any atom is 0.151 e. The van der Waals surface area contributed by atoms with Crippen LogP contribution in [0.25, 0.3) is 0 Å². The van der Waals surface area contributed by atoms with Crippen LogP contribution >= 0.6 is 0 Å². The first kappa shape index (κ1) is 4.90. The summed E-state index contributed by atoms with van der Waals surface area (Å²) in [5, 5.41) is 8.54. The Hall–Kier alpha value is -1.25. The molecule has 0 fully saturated rings. The van der Waals surface area contributed by atoms with Crippen molar-refractivity contribution < 1.29 is 10.0 Å². The minimum atomic E-state index is 0.479. The summed E-state index contributed by atoms with van der Waals surface area (Å²) in [5.74, 6) is 0. The summed E-state index contributed by atoms with van der Waals surface area (Å²) in [5.41, 5.74) is 0.479. The molecule has 0 saturated carbocycles. The topological polar surface area (TPSA) is 42.2 Å². The van der Waals surface area contributed by atoms with E-state index in [1.807, 2.05) is 0 Å². The predicted octanol–water partition coefficient (Wildman–Crippen LogP) is 0.538. The van der Waals surface area contributed by atoms with E-state index < -0.39 is 0 Å². The van der Waals surface area contributed by atoms with Crippen LogP contribution in [0.2, 0.25) is 0 Å². The van der Waals surface area contributed by atoms with E-state index in [4.69, 9.17) is 5.21 Å². The number of rotatable bonds is 1. The molecular formula is C5H5NO2. The van der Waals surface area contributed by atoms with Gasteiger partial charge in [-0.15, -0.1) is 0 Å². The Morgan fingerprint density at radius 1 is 1.75 bits per heavy atom. The Balaban J connectivity index is 3.00. The highest BCUT2D eigenvalue weighted by molar-refractivity contribution is 5.74. The number of carbonyl (C=O) groups excluding carboxylic acids is 1. The molecule has 1 heterocycles. The molecule has 0 unspecified atom stereocenters. The summed E-state index contributed by atoms with van der Waals surface area (Å²) >= 11 is 0. The van der Waals surface area contributed by atoms with E-state index in [1.165, 1.54) is 18.5 Å². The molecule has 0 saturated heterocycles. The summed E-state index contributed by atoms with van der Waals surface area (Å²) in [4.78, 5) is 9.90. The standard InChI is InChI=1S/C5H5NO2/c7-4-5-1-2-6(8)3-5/h1-4,8H. The second-order valence-corrected chi connectivity index (χ2v) is 1.44. The van der Waals surface area contributed by atoms with Crippen LogP contribution in [0.5, 0.6) is 0 Å². The molecule has 8 heavy (non-hydrogen) atoms. The van der Waals surface area contributed by atoms with Gasteiger partial charge in [0.15, 0.2) is 6.29 Å². The van der Waals surface area contributed by atoms with Crippen molar-refractivity contribution in [3.8, 4) is 0 Å². The lowest BCUT2D eigenvalue weighted by atomic mass is 10.4. The molecule has 1 N–H and O–H groups in total. The fraction of sp³-hybridized carbons (Fsp3) is 0. The van der Waals surface area contributed by atoms with Gasteiger partial charge < -0.3 is 5.21 Å². The zero-order chi connectivity index (χ0) is 5.98. The number of aromatic nitrogens is 1. The Kier molecular flexibility index (Phi) is 1.04. The van der Waals surface area contributed by atoms with E-state index in [-0.39, 0.29) is 0 Å². The molecule has 0 bridgehead atoms. The molecule has 3 heteroatoms. The molecule has 0 aliphatic carbocycles. The van der Waals surface area contributed by atoms with Crippen LogP contribution < -0.4 is 0 Å². The van der Waals surface area contributed by atoms with Crippen LogP contribution in [-0.4, -0.2) is 16.2 Å². The van der Waals surface area contributed by atoms with Gasteiger partial charge >= 0.3 is 0 Å². The van der Waals surface area contributed by atoms with Crippen LogP contribution in [0.1, 0.15) is 10.4 Å². The van der Waals surface area contributed by atoms with Crippen molar-refractivity contribution in [2.45, 2.75) is 0 Å². The molecule has 42 valence electrons. The summed E-state index contributed by atoms with van der Waals surface area (Å²) in [7, 11) is 0. The molecule has 0 atom stereocenters. The molecule has 1 aromatic heterocycles. The first-order valence-corrected chi connectivity index (χ1v) is 2.15. The SMILES string of the molecule is O=Cc1ccn(O)c1. The second-order valence-electron chi connectivity index (χ2n) is 1.44. The first-order chi connectivity index (χ1) is 3.83. The maximum absolute atomic E-state index is 9.90. The summed E-state index contributed by atoms with van der Waals surface area (Å²) < 4.78 is 0.837. The zero-order valence-electron chi connectivity index (χ0n) is 4.11. The lowest BCUT2D eigenvalue weighted by Crippen LogP contribution is -1.80. The lowest BCUT2D eigenvalue weighted by molar-refractivity contribution is 0.112. The van der Waals surface area contributed by atoms with Gasteiger partial charge in [-0.2, -0.15) is 0 Å². The van der Waals surface area contributed by atoms with E-state index in [9.17, 15) is 4.79 Å². The number of hydrogen-bond donors (Lipinski definition) is 1. The van der Waals surface area contributed by atoms with Crippen LogP contribution in [-0.2, 0) is 0 Å². The molecular weight excluding hydrogens is 106 g/mol. The molecule has 0 aliphatic rings. The van der Waals surface area contributed by atoms with Crippen molar-refractivity contribution in [3.05, 3.63) is 24.0 Å². The molecule has 1 rings (SSSR count). The highest BCUT2D eigenvalue weighted by Crippen LogP contribution is 1.92. The molecule has 1 aromatic rings. The summed E-state index contributed by atoms with van der Waals surface area (Å²) in [6.45, 7) is 0. The minimum absolute atomic E-state index is 0.479. The normalized spacial score (nSPS) is 9.00. The van der Waals surface area contributed by atoms with Crippen LogP contribution in [0, 0.1) is 0 Å². The van der Waals surface area contributed by atoms with E-state index >= 15 is 0 Å². The third kappa shape index (κ3) is 0.703. The van der Waals surface area contributed by atoms with Gasteiger partial charge in [-0.3, -0.25) is 4.79 Å². The third-order valence-electron chi connectivity index (χ3n) is 0.837. The average molecular weight is 111 g/mol. The number of hydrogen-bond acceptors (Lipinski definition) is 2. The Morgan fingerprint density at radius 2 is 2.50 bits per heavy atom. The number of aldehydes is 1. The van der Waals surface area contributed by atoms with Gasteiger partial charge in [0.1, 0.15) is 0 Å². The van der Waals surface area contributed by atoms with Crippen LogP contribution in [0.15, 0.2) is 18.5 Å². The highest BCUT2D eigenvalue weighted by Gasteiger charge is 1.88. The summed E-state index contributed by atoms with van der Waals surface area (Å²) in [6.07, 6.45) is 3.39. The highest BCUT2D eigenvalue weighted by atomic mass is 16.5. The van der Waals surface area contributed by atoms with Gasteiger partial charge in [-0.1, -0.05) is 0 Å². The van der Waals surface area contributed by atoms with E-state index in [2.05, 4.69) is 0 Å². The Bertz CT molecular complexity index is 192. The third-order valence-corrected chi connectivity index (χ3v) is 0.837. The van der Waals surface area contributed by atoms with Crippen molar-refractivity contribution in [2.75, 3.05) is 0 Å². The van der Waals surface area contributed by atoms with Crippen molar-refractivity contribution in [1.29, 1.82) is 0 Å². The number of carbonyl (C=O) groups is 1. The van der Waals surface area contributed by atoms with Crippen molar-refractivity contribution in [2.24, 2.45) is 0 Å². The molecule has 0 aromatic carbocycles. The van der Waals surface area contributed by atoms with Gasteiger partial charge in [-0.05, 0) is 6.07 Å². The average Bonchev–Trinajstić information content (AvgIpc) is 2.14. The number of nitrogens with zero attached hydrogens (tertiary/aromatic N) is 1. The van der Waals surface area contributed by atoms with Gasteiger partial charge in [0.05, 0.1) is 6.20 Å². The quantitative estimate of drug-likeness (QED) is 0.424. The monoisotopic (exact) mass is 111 g/mol. The summed E-state index contributed by atoms with van der Waals surface area (Å²) in [6, 6.07) is 1.52. The second kappa shape index (κ2) is 1.69. The van der Waals surface area contributed by atoms with Crippen LogP contribution in [0.4, 0.5) is 0 Å². The molecule has 3 nitrogen and oxygen atoms in total. The largest absolute Gasteiger partial charge is 0.429 e. The zero-order valence-corrected chi connectivity index (χ0v) is 4.11. The van der Waals surface area contributed by atoms with Crippen molar-refractivity contribution >= 4 is 6.29 Å². The molecule has 0 radical (unpaired) electrons. The fourth-order valence-electron chi connectivity index (χ4n) is 0.471. The molecule has 0 amide bonds. The Morgan fingerprint density at radius 3 is 2.75 bits per heavy atom. The van der Waals surface area contributed by atoms with Gasteiger partial charge in [0, 0.05) is 11.8 Å². The molecule has 0 spiro atoms. The van der Waals surface area contributed by atoms with E-state index in [1.54, 1.807) is 0 Å². The van der Waals surface area contributed by atoms with E-state index in [0.717, 1.165) is 4.73 Å². The van der Waals surface area contributed by atoms with Crippen LogP contribution in [0.3, 0.4) is 0 Å². The van der Waals surface area contributed by atoms with Crippen molar-refractivity contribution in [3.63, 3.8) is 0 Å². The van der Waals surface area contributed by atoms with Gasteiger partial charge in [0.2, 0.25) is 0 Å². The van der Waals surface area contributed by atoms with E-state index in [0.29, 0.717) is 11.8 Å². The van der Waals surface area contributed by atoms with Gasteiger partial charge in [-0.25, -0.2) is 4.73 Å². The lowest BCUT2D eigenvalue weighted by Gasteiger charge is -1.80. The maximum atomic E-state index is 9.90. The smallest absolute Gasteiger partial charge is 0.151 e. The predicted molar refractivity (Wildman–Crippen MR) is 27.0 cm³/mol. The Labute approximate surface area is 46.1 Å².